The van der Waals surface area contributed by atoms with Gasteiger partial charge in [-0.3, -0.25) is 9.48 Å². The zero-order valence-electron chi connectivity index (χ0n) is 10.4. The van der Waals surface area contributed by atoms with Crippen molar-refractivity contribution in [1.29, 1.82) is 0 Å². The Kier molecular flexibility index (Phi) is 3.61. The molecule has 1 amide bonds. The van der Waals surface area contributed by atoms with Crippen molar-refractivity contribution < 1.29 is 14.7 Å². The van der Waals surface area contributed by atoms with Crippen molar-refractivity contribution in [2.24, 2.45) is 7.05 Å². The van der Waals surface area contributed by atoms with Crippen molar-refractivity contribution in [1.82, 2.24) is 19.7 Å². The molecule has 0 unspecified atom stereocenters. The number of nitrogens with zero attached hydrogens (tertiary/aromatic N) is 4. The molecule has 0 radical (unpaired) electrons. The van der Waals surface area contributed by atoms with Gasteiger partial charge in [0.25, 0.3) is 5.91 Å². The van der Waals surface area contributed by atoms with Gasteiger partial charge >= 0.3 is 5.97 Å². The van der Waals surface area contributed by atoms with Gasteiger partial charge in [0, 0.05) is 37.8 Å². The fourth-order valence-corrected chi connectivity index (χ4v) is 2.32. The van der Waals surface area contributed by atoms with Crippen LogP contribution in [0.15, 0.2) is 17.8 Å². The Morgan fingerprint density at radius 1 is 1.53 bits per heavy atom. The SMILES string of the molecule is CN(Cc1cnn(C)c1)C(=O)c1nc(C(=O)O)cs1. The molecule has 19 heavy (non-hydrogen) atoms. The van der Waals surface area contributed by atoms with Crippen LogP contribution in [0.4, 0.5) is 0 Å². The van der Waals surface area contributed by atoms with E-state index in [4.69, 9.17) is 5.11 Å². The minimum Gasteiger partial charge on any atom is -0.476 e. The first kappa shape index (κ1) is 13.2. The van der Waals surface area contributed by atoms with Crippen molar-refractivity contribution in [2.45, 2.75) is 6.54 Å². The van der Waals surface area contributed by atoms with Crippen LogP contribution in [0.5, 0.6) is 0 Å². The quantitative estimate of drug-likeness (QED) is 0.896. The van der Waals surface area contributed by atoms with Crippen LogP contribution >= 0.6 is 11.3 Å². The Hall–Kier alpha value is -2.22. The number of carbonyl (C=O) groups is 2. The standard InChI is InChI=1S/C11H12N4O3S/c1-14(4-7-3-12-15(2)5-7)10(16)9-13-8(6-19-9)11(17)18/h3,5-6H,4H2,1-2H3,(H,17,18). The van der Waals surface area contributed by atoms with Crippen molar-refractivity contribution in [2.75, 3.05) is 7.05 Å². The van der Waals surface area contributed by atoms with Crippen LogP contribution < -0.4 is 0 Å². The Morgan fingerprint density at radius 2 is 2.26 bits per heavy atom. The Morgan fingerprint density at radius 3 is 2.79 bits per heavy atom. The van der Waals surface area contributed by atoms with Gasteiger partial charge in [-0.1, -0.05) is 0 Å². The van der Waals surface area contributed by atoms with E-state index in [0.717, 1.165) is 16.9 Å². The van der Waals surface area contributed by atoms with E-state index in [-0.39, 0.29) is 16.6 Å². The van der Waals surface area contributed by atoms with Crippen LogP contribution in [0, 0.1) is 0 Å². The molecule has 0 atom stereocenters. The Bertz CT molecular complexity index is 619. The number of carboxylic acids is 1. The van der Waals surface area contributed by atoms with Crippen LogP contribution in [0.1, 0.15) is 25.9 Å². The monoisotopic (exact) mass is 280 g/mol. The second kappa shape index (κ2) is 5.19. The van der Waals surface area contributed by atoms with Crippen LogP contribution in [0.2, 0.25) is 0 Å². The van der Waals surface area contributed by atoms with E-state index < -0.39 is 5.97 Å². The molecular weight excluding hydrogens is 268 g/mol. The fraction of sp³-hybridized carbons (Fsp3) is 0.273. The van der Waals surface area contributed by atoms with Gasteiger partial charge < -0.3 is 10.0 Å². The molecule has 2 rings (SSSR count). The molecule has 100 valence electrons. The van der Waals surface area contributed by atoms with Gasteiger partial charge in [-0.15, -0.1) is 11.3 Å². The van der Waals surface area contributed by atoms with Crippen molar-refractivity contribution in [3.05, 3.63) is 34.0 Å². The molecule has 0 aliphatic carbocycles. The van der Waals surface area contributed by atoms with Gasteiger partial charge in [-0.2, -0.15) is 5.10 Å². The molecule has 0 aliphatic rings. The number of hydrogen-bond acceptors (Lipinski definition) is 5. The molecule has 0 fully saturated rings. The highest BCUT2D eigenvalue weighted by molar-refractivity contribution is 7.11. The molecule has 2 aromatic heterocycles. The predicted octanol–water partition coefficient (Wildman–Crippen LogP) is 0.847. The van der Waals surface area contributed by atoms with Crippen LogP contribution in [-0.2, 0) is 13.6 Å². The lowest BCUT2D eigenvalue weighted by atomic mass is 10.3. The minimum atomic E-state index is -1.13. The number of thiazole rings is 1. The molecular formula is C11H12N4O3S. The third-order valence-electron chi connectivity index (χ3n) is 2.43. The highest BCUT2D eigenvalue weighted by Crippen LogP contribution is 2.13. The molecule has 0 saturated carbocycles. The van der Waals surface area contributed by atoms with Crippen LogP contribution in [0.3, 0.4) is 0 Å². The molecule has 0 aromatic carbocycles. The second-order valence-electron chi connectivity index (χ2n) is 4.03. The predicted molar refractivity (Wildman–Crippen MR) is 68.1 cm³/mol. The average Bonchev–Trinajstić information content (AvgIpc) is 2.97. The lowest BCUT2D eigenvalue weighted by Crippen LogP contribution is -2.26. The molecule has 0 spiro atoms. The summed E-state index contributed by atoms with van der Waals surface area (Å²) in [5, 5.41) is 14.3. The summed E-state index contributed by atoms with van der Waals surface area (Å²) in [6.07, 6.45) is 3.49. The van der Waals surface area contributed by atoms with Crippen molar-refractivity contribution in [3.8, 4) is 0 Å². The van der Waals surface area contributed by atoms with E-state index in [9.17, 15) is 9.59 Å². The largest absolute Gasteiger partial charge is 0.476 e. The molecule has 1 N–H and O–H groups in total. The summed E-state index contributed by atoms with van der Waals surface area (Å²) in [5.41, 5.74) is 0.788. The zero-order chi connectivity index (χ0) is 14.0. The molecule has 2 aromatic rings. The van der Waals surface area contributed by atoms with Crippen LogP contribution in [-0.4, -0.2) is 43.7 Å². The number of rotatable bonds is 4. The van der Waals surface area contributed by atoms with Crippen LogP contribution in [0.25, 0.3) is 0 Å². The normalized spacial score (nSPS) is 10.4. The number of aromatic nitrogens is 3. The summed E-state index contributed by atoms with van der Waals surface area (Å²) < 4.78 is 1.65. The zero-order valence-corrected chi connectivity index (χ0v) is 11.2. The number of carbonyl (C=O) groups excluding carboxylic acids is 1. The molecule has 0 aliphatic heterocycles. The minimum absolute atomic E-state index is 0.108. The molecule has 7 nitrogen and oxygen atoms in total. The highest BCUT2D eigenvalue weighted by Gasteiger charge is 2.18. The maximum absolute atomic E-state index is 12.0. The summed E-state index contributed by atoms with van der Waals surface area (Å²) in [4.78, 5) is 28.0. The maximum Gasteiger partial charge on any atom is 0.355 e. The van der Waals surface area contributed by atoms with Crippen molar-refractivity contribution >= 4 is 23.2 Å². The Balaban J connectivity index is 2.07. The summed E-state index contributed by atoms with van der Waals surface area (Å²) >= 11 is 1.03. The van der Waals surface area contributed by atoms with Gasteiger partial charge in [0.1, 0.15) is 0 Å². The second-order valence-corrected chi connectivity index (χ2v) is 4.88. The average molecular weight is 280 g/mol. The van der Waals surface area contributed by atoms with E-state index in [1.807, 2.05) is 6.20 Å². The van der Waals surface area contributed by atoms with E-state index in [2.05, 4.69) is 10.1 Å². The first-order valence-corrected chi connectivity index (χ1v) is 6.27. The summed E-state index contributed by atoms with van der Waals surface area (Å²) in [7, 11) is 3.43. The van der Waals surface area contributed by atoms with Crippen molar-refractivity contribution in [3.63, 3.8) is 0 Å². The highest BCUT2D eigenvalue weighted by atomic mass is 32.1. The van der Waals surface area contributed by atoms with Gasteiger partial charge in [0.05, 0.1) is 6.20 Å². The van der Waals surface area contributed by atoms with E-state index >= 15 is 0 Å². The summed E-state index contributed by atoms with van der Waals surface area (Å²) in [6, 6.07) is 0. The third kappa shape index (κ3) is 2.97. The van der Waals surface area contributed by atoms with Gasteiger partial charge in [-0.25, -0.2) is 9.78 Å². The topological polar surface area (TPSA) is 88.3 Å². The first-order chi connectivity index (χ1) is 8.97. The summed E-state index contributed by atoms with van der Waals surface area (Å²) in [6.45, 7) is 0.397. The maximum atomic E-state index is 12.0. The van der Waals surface area contributed by atoms with E-state index in [1.165, 1.54) is 10.3 Å². The van der Waals surface area contributed by atoms with Gasteiger partial charge in [0.2, 0.25) is 0 Å². The number of carboxylic acid groups (broad SMARTS) is 1. The number of aryl methyl sites for hydroxylation is 1. The lowest BCUT2D eigenvalue weighted by Gasteiger charge is -2.14. The molecule has 0 bridgehead atoms. The third-order valence-corrected chi connectivity index (χ3v) is 3.26. The molecule has 8 heteroatoms. The van der Waals surface area contributed by atoms with Gasteiger partial charge in [0.15, 0.2) is 10.7 Å². The number of amides is 1. The fourth-order valence-electron chi connectivity index (χ4n) is 1.53. The first-order valence-electron chi connectivity index (χ1n) is 5.39. The molecule has 0 saturated heterocycles. The van der Waals surface area contributed by atoms with Gasteiger partial charge in [-0.05, 0) is 0 Å². The smallest absolute Gasteiger partial charge is 0.355 e. The Labute approximate surface area is 113 Å². The lowest BCUT2D eigenvalue weighted by molar-refractivity contribution is 0.0691. The summed E-state index contributed by atoms with van der Waals surface area (Å²) in [5.74, 6) is -1.44. The number of aromatic carboxylic acids is 1. The number of hydrogen-bond donors (Lipinski definition) is 1. The van der Waals surface area contributed by atoms with E-state index in [0.29, 0.717) is 6.54 Å². The van der Waals surface area contributed by atoms with E-state index in [1.54, 1.807) is 25.0 Å². The molecule has 2 heterocycles.